The van der Waals surface area contributed by atoms with Gasteiger partial charge in [0.2, 0.25) is 0 Å². The van der Waals surface area contributed by atoms with Crippen LogP contribution in [0, 0.1) is 5.92 Å². The minimum absolute atomic E-state index is 0.576. The molecule has 0 saturated carbocycles. The van der Waals surface area contributed by atoms with Crippen LogP contribution in [-0.2, 0) is 4.74 Å². The van der Waals surface area contributed by atoms with Gasteiger partial charge in [-0.1, -0.05) is 20.8 Å². The fourth-order valence-electron chi connectivity index (χ4n) is 1.63. The maximum absolute atomic E-state index is 5.38. The lowest BCUT2D eigenvalue weighted by molar-refractivity contribution is 0.108. The molecule has 1 N–H and O–H groups in total. The van der Waals surface area contributed by atoms with E-state index in [0.29, 0.717) is 12.0 Å². The van der Waals surface area contributed by atoms with Crippen molar-refractivity contribution in [3.05, 3.63) is 0 Å². The topological polar surface area (TPSA) is 24.5 Å². The summed E-state index contributed by atoms with van der Waals surface area (Å²) in [7, 11) is 2.04. The van der Waals surface area contributed by atoms with Crippen LogP contribution in [0.15, 0.2) is 0 Å². The summed E-state index contributed by atoms with van der Waals surface area (Å²) in [5.41, 5.74) is 0. The summed E-state index contributed by atoms with van der Waals surface area (Å²) in [5.74, 6) is 0.677. The largest absolute Gasteiger partial charge is 0.380 e. The predicted octanol–water partition coefficient (Wildman–Crippen LogP) is 1.59. The molecule has 0 spiro atoms. The predicted molar refractivity (Wildman–Crippen MR) is 66.3 cm³/mol. The zero-order valence-electron chi connectivity index (χ0n) is 11.0. The molecule has 0 heterocycles. The van der Waals surface area contributed by atoms with Crippen molar-refractivity contribution >= 4 is 0 Å². The molecule has 0 bridgehead atoms. The standard InChI is InChI=1S/C12H28N2O/c1-6-14(8-9-15-7-2)10-12(13-5)11(3)4/h11-13H,6-10H2,1-5H3. The second kappa shape index (κ2) is 9.13. The minimum Gasteiger partial charge on any atom is -0.380 e. The summed E-state index contributed by atoms with van der Waals surface area (Å²) < 4.78 is 5.38. The zero-order valence-corrected chi connectivity index (χ0v) is 11.0. The number of hydrogen-bond acceptors (Lipinski definition) is 3. The quantitative estimate of drug-likeness (QED) is 0.592. The van der Waals surface area contributed by atoms with Gasteiger partial charge in [-0.2, -0.15) is 0 Å². The number of likely N-dealkylation sites (N-methyl/N-ethyl adjacent to an activating group) is 2. The van der Waals surface area contributed by atoms with Gasteiger partial charge in [-0.05, 0) is 26.4 Å². The second-order valence-corrected chi connectivity index (χ2v) is 4.23. The van der Waals surface area contributed by atoms with Crippen molar-refractivity contribution in [2.45, 2.75) is 33.7 Å². The highest BCUT2D eigenvalue weighted by molar-refractivity contribution is 4.73. The van der Waals surface area contributed by atoms with Crippen LogP contribution in [-0.4, -0.2) is 50.8 Å². The first-order valence-electron chi connectivity index (χ1n) is 6.13. The lowest BCUT2D eigenvalue weighted by Crippen LogP contribution is -2.43. The fourth-order valence-corrected chi connectivity index (χ4v) is 1.63. The Balaban J connectivity index is 3.84. The van der Waals surface area contributed by atoms with E-state index >= 15 is 0 Å². The van der Waals surface area contributed by atoms with Gasteiger partial charge >= 0.3 is 0 Å². The van der Waals surface area contributed by atoms with Gasteiger partial charge in [-0.25, -0.2) is 0 Å². The molecule has 1 unspecified atom stereocenters. The van der Waals surface area contributed by atoms with Crippen molar-refractivity contribution in [2.75, 3.05) is 39.9 Å². The van der Waals surface area contributed by atoms with Crippen LogP contribution in [0.4, 0.5) is 0 Å². The summed E-state index contributed by atoms with van der Waals surface area (Å²) in [5, 5.41) is 3.37. The van der Waals surface area contributed by atoms with Crippen LogP contribution < -0.4 is 5.32 Å². The van der Waals surface area contributed by atoms with Crippen LogP contribution >= 0.6 is 0 Å². The van der Waals surface area contributed by atoms with E-state index in [1.54, 1.807) is 0 Å². The molecule has 3 heteroatoms. The Hall–Kier alpha value is -0.120. The molecule has 0 aliphatic heterocycles. The molecule has 3 nitrogen and oxygen atoms in total. The lowest BCUT2D eigenvalue weighted by Gasteiger charge is -2.28. The number of nitrogens with one attached hydrogen (secondary N) is 1. The smallest absolute Gasteiger partial charge is 0.0593 e. The maximum atomic E-state index is 5.38. The first-order valence-corrected chi connectivity index (χ1v) is 6.13. The van der Waals surface area contributed by atoms with E-state index in [2.05, 4.69) is 31.0 Å². The number of rotatable bonds is 9. The highest BCUT2D eigenvalue weighted by Crippen LogP contribution is 2.03. The molecular weight excluding hydrogens is 188 g/mol. The van der Waals surface area contributed by atoms with E-state index in [0.717, 1.165) is 32.8 Å². The highest BCUT2D eigenvalue weighted by Gasteiger charge is 2.14. The van der Waals surface area contributed by atoms with E-state index in [9.17, 15) is 0 Å². The zero-order chi connectivity index (χ0) is 11.7. The molecule has 0 aliphatic carbocycles. The van der Waals surface area contributed by atoms with Crippen LogP contribution in [0.2, 0.25) is 0 Å². The maximum Gasteiger partial charge on any atom is 0.0593 e. The molecule has 0 aromatic heterocycles. The third-order valence-electron chi connectivity index (χ3n) is 2.83. The normalized spacial score (nSPS) is 13.8. The van der Waals surface area contributed by atoms with Gasteiger partial charge in [0.15, 0.2) is 0 Å². The van der Waals surface area contributed by atoms with Gasteiger partial charge in [0.05, 0.1) is 6.61 Å². The SMILES string of the molecule is CCOCCN(CC)CC(NC)C(C)C. The molecule has 0 fully saturated rings. The molecule has 1 atom stereocenters. The Bertz CT molecular complexity index is 140. The fraction of sp³-hybridized carbons (Fsp3) is 1.00. The van der Waals surface area contributed by atoms with E-state index < -0.39 is 0 Å². The van der Waals surface area contributed by atoms with Gasteiger partial charge in [-0.3, -0.25) is 4.90 Å². The van der Waals surface area contributed by atoms with E-state index in [4.69, 9.17) is 4.74 Å². The van der Waals surface area contributed by atoms with Crippen molar-refractivity contribution in [1.29, 1.82) is 0 Å². The lowest BCUT2D eigenvalue weighted by atomic mass is 10.0. The van der Waals surface area contributed by atoms with Gasteiger partial charge in [-0.15, -0.1) is 0 Å². The van der Waals surface area contributed by atoms with Crippen LogP contribution in [0.25, 0.3) is 0 Å². The third-order valence-corrected chi connectivity index (χ3v) is 2.83. The highest BCUT2D eigenvalue weighted by atomic mass is 16.5. The number of ether oxygens (including phenoxy) is 1. The van der Waals surface area contributed by atoms with Crippen molar-refractivity contribution in [1.82, 2.24) is 10.2 Å². The molecule has 15 heavy (non-hydrogen) atoms. The summed E-state index contributed by atoms with van der Waals surface area (Å²) in [4.78, 5) is 2.44. The number of hydrogen-bond donors (Lipinski definition) is 1. The van der Waals surface area contributed by atoms with Crippen molar-refractivity contribution in [3.8, 4) is 0 Å². The monoisotopic (exact) mass is 216 g/mol. The van der Waals surface area contributed by atoms with Gasteiger partial charge in [0, 0.05) is 25.7 Å². The van der Waals surface area contributed by atoms with Gasteiger partial charge in [0.1, 0.15) is 0 Å². The van der Waals surface area contributed by atoms with Crippen LogP contribution in [0.5, 0.6) is 0 Å². The third kappa shape index (κ3) is 6.88. The summed E-state index contributed by atoms with van der Waals surface area (Å²) >= 11 is 0. The Labute approximate surface area is 95.2 Å². The van der Waals surface area contributed by atoms with Gasteiger partial charge in [0.25, 0.3) is 0 Å². The Morgan fingerprint density at radius 3 is 2.33 bits per heavy atom. The van der Waals surface area contributed by atoms with Crippen molar-refractivity contribution in [3.63, 3.8) is 0 Å². The molecule has 0 aromatic carbocycles. The first-order chi connectivity index (χ1) is 7.15. The molecule has 0 radical (unpaired) electrons. The molecule has 0 aliphatic rings. The number of nitrogens with zero attached hydrogens (tertiary/aromatic N) is 1. The van der Waals surface area contributed by atoms with E-state index in [1.807, 2.05) is 14.0 Å². The van der Waals surface area contributed by atoms with Crippen LogP contribution in [0.3, 0.4) is 0 Å². The van der Waals surface area contributed by atoms with Gasteiger partial charge < -0.3 is 10.1 Å². The van der Waals surface area contributed by atoms with Crippen molar-refractivity contribution < 1.29 is 4.74 Å². The minimum atomic E-state index is 0.576. The average Bonchev–Trinajstić information content (AvgIpc) is 2.22. The summed E-state index contributed by atoms with van der Waals surface area (Å²) in [6.45, 7) is 13.7. The van der Waals surface area contributed by atoms with E-state index in [-0.39, 0.29) is 0 Å². The molecule has 0 saturated heterocycles. The Morgan fingerprint density at radius 1 is 1.27 bits per heavy atom. The average molecular weight is 216 g/mol. The molecule has 0 aromatic rings. The Kier molecular flexibility index (Phi) is 9.06. The molecular formula is C12H28N2O. The molecule has 92 valence electrons. The van der Waals surface area contributed by atoms with Crippen molar-refractivity contribution in [2.24, 2.45) is 5.92 Å². The Morgan fingerprint density at radius 2 is 1.93 bits per heavy atom. The van der Waals surface area contributed by atoms with Crippen LogP contribution in [0.1, 0.15) is 27.7 Å². The summed E-state index contributed by atoms with van der Waals surface area (Å²) in [6, 6.07) is 0.576. The molecule has 0 amide bonds. The van der Waals surface area contributed by atoms with E-state index in [1.165, 1.54) is 0 Å². The molecule has 0 rings (SSSR count). The first kappa shape index (κ1) is 14.9. The summed E-state index contributed by atoms with van der Waals surface area (Å²) in [6.07, 6.45) is 0. The second-order valence-electron chi connectivity index (χ2n) is 4.23.